The summed E-state index contributed by atoms with van der Waals surface area (Å²) in [5.41, 5.74) is 33.7. The molecule has 0 radical (unpaired) electrons. The maximum atomic E-state index is 12.4. The van der Waals surface area contributed by atoms with E-state index in [2.05, 4.69) is 187 Å². The number of hydrogen-bond donors (Lipinski definition) is 13. The molecule has 6 aromatic heterocycles. The van der Waals surface area contributed by atoms with Gasteiger partial charge in [-0.1, -0.05) is 83.1 Å². The quantitative estimate of drug-likeness (QED) is 0.0378. The number of amides is 1. The van der Waals surface area contributed by atoms with Gasteiger partial charge >= 0.3 is 0 Å². The maximum Gasteiger partial charge on any atom is 0.219 e. The topological polar surface area (TPSA) is 372 Å². The number of nitrogens with one attached hydrogen (secondary N) is 12. The number of hydrazone groups is 6. The van der Waals surface area contributed by atoms with E-state index >= 15 is 0 Å². The molecule has 13 aliphatic rings. The molecule has 0 bridgehead atoms. The van der Waals surface area contributed by atoms with E-state index in [4.69, 9.17) is 148 Å². The van der Waals surface area contributed by atoms with Gasteiger partial charge in [0, 0.05) is 298 Å². The van der Waals surface area contributed by atoms with Crippen molar-refractivity contribution in [2.24, 2.45) is 30.6 Å². The molecule has 1 aliphatic carbocycles. The highest BCUT2D eigenvalue weighted by atomic mass is 35.5. The van der Waals surface area contributed by atoms with Crippen molar-refractivity contribution in [2.45, 2.75) is 71.3 Å². The summed E-state index contributed by atoms with van der Waals surface area (Å²) in [6.07, 6.45) is 19.1. The van der Waals surface area contributed by atoms with Gasteiger partial charge in [0.2, 0.25) is 5.91 Å². The van der Waals surface area contributed by atoms with E-state index in [0.717, 1.165) is 324 Å². The number of pyridine rings is 6. The van der Waals surface area contributed by atoms with E-state index in [9.17, 15) is 9.18 Å². The Labute approximate surface area is 890 Å². The monoisotopic (exact) mass is 2170 g/mol. The van der Waals surface area contributed by atoms with Gasteiger partial charge in [-0.05, 0) is 135 Å². The van der Waals surface area contributed by atoms with Crippen LogP contribution in [0.15, 0.2) is 117 Å². The van der Waals surface area contributed by atoms with E-state index in [0.29, 0.717) is 100 Å². The van der Waals surface area contributed by atoms with Crippen molar-refractivity contribution in [3.63, 3.8) is 0 Å². The molecule has 6 saturated heterocycles. The lowest BCUT2D eigenvalue weighted by molar-refractivity contribution is -0.130. The van der Waals surface area contributed by atoms with E-state index in [1.54, 1.807) is 44.1 Å². The number of halogens is 7. The molecule has 142 heavy (non-hydrogen) atoms. The molecule has 18 heterocycles. The van der Waals surface area contributed by atoms with E-state index in [-0.39, 0.29) is 19.2 Å². The number of aromatic nitrogens is 6. The normalized spacial score (nSPS) is 20.1. The molecule has 51 heteroatoms. The van der Waals surface area contributed by atoms with Crippen LogP contribution in [0.4, 0.5) is 38.5 Å². The lowest BCUT2D eigenvalue weighted by Gasteiger charge is -2.35. The first kappa shape index (κ1) is 108. The number of likely N-dealkylation sites (N-methyl/N-ethyl adjacent to an activating group) is 1. The second kappa shape index (κ2) is 54.5. The van der Waals surface area contributed by atoms with Crippen molar-refractivity contribution < 1.29 is 14.3 Å². The molecule has 7 fully saturated rings. The summed E-state index contributed by atoms with van der Waals surface area (Å²) >= 11 is 68.6. The fourth-order valence-electron chi connectivity index (χ4n) is 17.1. The number of aliphatic hydroxyl groups is 1. The Hall–Kier alpha value is -9.66. The Morgan fingerprint density at radius 3 is 0.824 bits per heavy atom. The standard InChI is InChI=1S/C16H21ClN6S.C15H20ClFN6S.C15H19ClN6OS.C15H21ClN6OS.C15H21ClN6S.C15H19ClN6S/c17-11-9-14-15(19-10-11)13(3-4-18-14)20-21-16(24)23-7-5-22(6-8-23)12-1-2-12;16-11-9-13-14(19-10-11)12(1-3-18-13)20-21-15(24)23-7-5-22(4-2-17)6-8-23;1-10(23)21-4-6-22(7-5-21)15(24)20-19-12-2-3-17-13-8-11(16)9-18-14(12)13;16-11-9-13-14(18-10-11)12(1-2-17-13)19-20-15(24)22-5-3-21(4-6-22)7-8-23;2*1-2-21-5-7-22(8-6-21)15(23)20-19-12-3-4-17-13-9-11(16)10-18-14(12)13/h9-10,12,18H,1-8H2,(H,21,24);9-10,18H,1-8H2,(H,21,24);8-9,17H,2-7H2,1H3,(H,20,24);9-10,17,23H,1-8H2,(H,20,24);9-10,17H,2-8H2,1H3,(H,20,23);2,9-10,17H,1,3-8H2,(H,20,23)/b20-13-;20-12-;4*19-12-. The summed E-state index contributed by atoms with van der Waals surface area (Å²) in [7, 11) is 0. The average molecular weight is 2180 g/mol. The second-order valence-corrected chi connectivity index (χ2v) is 39.6. The van der Waals surface area contributed by atoms with Gasteiger partial charge in [0.25, 0.3) is 0 Å². The predicted octanol–water partition coefficient (Wildman–Crippen LogP) is 9.31. The zero-order valence-electron chi connectivity index (χ0n) is 79.4. The largest absolute Gasteiger partial charge is 0.395 e. The highest BCUT2D eigenvalue weighted by Gasteiger charge is 2.34. The maximum absolute atomic E-state index is 12.4. The van der Waals surface area contributed by atoms with Gasteiger partial charge in [0.15, 0.2) is 30.7 Å². The van der Waals surface area contributed by atoms with Crippen LogP contribution in [0.3, 0.4) is 0 Å². The molecule has 762 valence electrons. The van der Waals surface area contributed by atoms with Gasteiger partial charge < -0.3 is 81.1 Å². The Kier molecular flexibility index (Phi) is 41.5. The Balaban J connectivity index is 0.000000135. The SMILES string of the molecule is C=CN1CCN(C(=S)N/N=C2/CCNc3cc(Cl)cnc32)CC1.CC(=O)N1CCN(C(=S)N/N=C2/CCNc3cc(Cl)cnc32)CC1.CCN1CCN(C(=S)N/N=C2/CCNc3cc(Cl)cnc32)CC1.FCCN1CCN(C(=S)N/N=C2/CCNc3cc(Cl)cnc32)CC1.OCCN1CCN(C(=S)N/N=C2/CCNc3cc(Cl)cnc32)CC1.S=C(N/N=C1/CCNc2cc(Cl)cnc21)N1CCN(C2CC2)CC1. The van der Waals surface area contributed by atoms with Gasteiger partial charge in [-0.15, -0.1) is 0 Å². The number of carbonyl (C=O) groups excluding carboxylic acids is 1. The number of piperazine rings is 6. The van der Waals surface area contributed by atoms with Crippen LogP contribution >= 0.6 is 143 Å². The van der Waals surface area contributed by atoms with Gasteiger partial charge in [-0.25, -0.2) is 4.39 Å². The molecule has 12 aliphatic heterocycles. The van der Waals surface area contributed by atoms with Crippen molar-refractivity contribution in [3.05, 3.63) is 151 Å². The van der Waals surface area contributed by atoms with Crippen LogP contribution in [0, 0.1) is 0 Å². The summed E-state index contributed by atoms with van der Waals surface area (Å²) in [6, 6.07) is 12.0. The molecular formula is C91H121Cl6FN36O2S6. The highest BCUT2D eigenvalue weighted by molar-refractivity contribution is 7.81. The second-order valence-electron chi connectivity index (χ2n) is 34.7. The Morgan fingerprint density at radius 2 is 0.599 bits per heavy atom. The summed E-state index contributed by atoms with van der Waals surface area (Å²) < 4.78 is 12.4. The van der Waals surface area contributed by atoms with Crippen LogP contribution in [0.25, 0.3) is 0 Å². The summed E-state index contributed by atoms with van der Waals surface area (Å²) in [4.78, 5) is 63.6. The van der Waals surface area contributed by atoms with Crippen LogP contribution < -0.4 is 64.5 Å². The Bertz CT molecular complexity index is 5500. The molecule has 13 N–H and O–H groups in total. The number of anilines is 6. The van der Waals surface area contributed by atoms with E-state index in [1.807, 2.05) is 52.4 Å². The number of thiocarbonyl (C=S) groups is 6. The zero-order valence-corrected chi connectivity index (χ0v) is 88.8. The van der Waals surface area contributed by atoms with Gasteiger partial charge in [0.1, 0.15) is 40.8 Å². The minimum absolute atomic E-state index is 0.102. The Morgan fingerprint density at radius 1 is 0.373 bits per heavy atom. The first-order chi connectivity index (χ1) is 68.9. The molecule has 0 atom stereocenters. The average Bonchev–Trinajstić information content (AvgIpc) is 1.22. The number of fused-ring (bicyclic) bond motifs is 6. The molecular weight excluding hydrogens is 2050 g/mol. The van der Waals surface area contributed by atoms with Gasteiger partial charge in [-0.3, -0.25) is 82.0 Å². The minimum Gasteiger partial charge on any atom is -0.395 e. The number of alkyl halides is 1. The lowest BCUT2D eigenvalue weighted by atomic mass is 10.1. The molecule has 1 saturated carbocycles. The van der Waals surface area contributed by atoms with E-state index < -0.39 is 0 Å². The third kappa shape index (κ3) is 31.4. The first-order valence-corrected chi connectivity index (χ1v) is 52.4. The summed E-state index contributed by atoms with van der Waals surface area (Å²) in [5.74, 6) is 0.102. The molecule has 0 unspecified atom stereocenters. The fourth-order valence-corrected chi connectivity index (χ4v) is 19.5. The first-order valence-electron chi connectivity index (χ1n) is 47.7. The molecule has 0 spiro atoms. The van der Waals surface area contributed by atoms with Crippen LogP contribution in [-0.4, -0.2) is 400 Å². The van der Waals surface area contributed by atoms with Crippen molar-refractivity contribution in [2.75, 3.05) is 261 Å². The molecule has 1 amide bonds. The minimum atomic E-state index is -0.305. The van der Waals surface area contributed by atoms with Crippen LogP contribution in [0.2, 0.25) is 30.1 Å². The van der Waals surface area contributed by atoms with Crippen LogP contribution in [0.5, 0.6) is 0 Å². The number of rotatable bonds is 13. The van der Waals surface area contributed by atoms with Crippen molar-refractivity contribution in [1.82, 2.24) is 121 Å². The van der Waals surface area contributed by atoms with Crippen molar-refractivity contribution in [3.8, 4) is 0 Å². The third-order valence-corrected chi connectivity index (χ3v) is 28.7. The zero-order chi connectivity index (χ0) is 100.0. The summed E-state index contributed by atoms with van der Waals surface area (Å²) in [6.45, 7) is 35.7. The molecule has 19 rings (SSSR count). The predicted molar refractivity (Wildman–Crippen MR) is 594 cm³/mol. The van der Waals surface area contributed by atoms with Crippen LogP contribution in [-0.2, 0) is 4.79 Å². The molecule has 6 aromatic rings. The number of aliphatic hydroxyl groups excluding tert-OH is 1. The number of hydrogen-bond acceptors (Lipinski definition) is 31. The van der Waals surface area contributed by atoms with Gasteiger partial charge in [-0.2, -0.15) is 30.6 Å². The fraction of sp³-hybridized carbons (Fsp3) is 0.505. The smallest absolute Gasteiger partial charge is 0.219 e. The van der Waals surface area contributed by atoms with Gasteiger partial charge in [0.05, 0.1) is 105 Å². The lowest BCUT2D eigenvalue weighted by Crippen LogP contribution is -2.52. The van der Waals surface area contributed by atoms with Crippen LogP contribution in [0.1, 0.15) is 99.4 Å². The van der Waals surface area contributed by atoms with Crippen molar-refractivity contribution in [1.29, 1.82) is 0 Å². The number of carbonyl (C=O) groups is 1. The third-order valence-electron chi connectivity index (χ3n) is 25.3. The molecule has 0 aromatic carbocycles. The van der Waals surface area contributed by atoms with Crippen molar-refractivity contribution >= 4 is 248 Å². The summed E-state index contributed by atoms with van der Waals surface area (Å²) in [5, 5.41) is 63.0. The molecule has 38 nitrogen and oxygen atoms in total. The van der Waals surface area contributed by atoms with E-state index in [1.165, 1.54) is 12.8 Å². The highest BCUT2D eigenvalue weighted by Crippen LogP contribution is 2.32. The number of nitrogens with zero attached hydrogens (tertiary/aromatic N) is 24. The number of β-amino-alcohol motifs (C(OH)–C–C–N with tert-alkyl or cyclic N) is 1.